The van der Waals surface area contributed by atoms with Crippen LogP contribution in [0.2, 0.25) is 0 Å². The van der Waals surface area contributed by atoms with Crippen molar-refractivity contribution in [2.75, 3.05) is 11.9 Å². The molecule has 1 aliphatic carbocycles. The second-order valence-corrected chi connectivity index (χ2v) is 7.65. The Morgan fingerprint density at radius 1 is 1.04 bits per heavy atom. The Labute approximate surface area is 165 Å². The van der Waals surface area contributed by atoms with Gasteiger partial charge in [0, 0.05) is 5.92 Å². The molecule has 0 saturated heterocycles. The smallest absolute Gasteiger partial charge is 0.413 e. The third kappa shape index (κ3) is 2.88. The molecular formula is C22H16N2O3S. The van der Waals surface area contributed by atoms with Crippen molar-refractivity contribution >= 4 is 32.8 Å². The Morgan fingerprint density at radius 3 is 2.43 bits per heavy atom. The van der Waals surface area contributed by atoms with E-state index >= 15 is 0 Å². The fourth-order valence-corrected chi connectivity index (χ4v) is 4.57. The minimum absolute atomic E-state index is 0.0189. The second kappa shape index (κ2) is 6.65. The second-order valence-electron chi connectivity index (χ2n) is 6.62. The third-order valence-electron chi connectivity index (χ3n) is 4.92. The summed E-state index contributed by atoms with van der Waals surface area (Å²) in [6.45, 7) is 0.255. The van der Waals surface area contributed by atoms with Gasteiger partial charge in [0.2, 0.25) is 0 Å². The van der Waals surface area contributed by atoms with E-state index in [0.29, 0.717) is 5.13 Å². The van der Waals surface area contributed by atoms with Gasteiger partial charge in [-0.25, -0.2) is 9.78 Å². The zero-order chi connectivity index (χ0) is 19.1. The lowest BCUT2D eigenvalue weighted by molar-refractivity contribution is 0.158. The normalized spacial score (nSPS) is 12.6. The monoisotopic (exact) mass is 388 g/mol. The van der Waals surface area contributed by atoms with Crippen LogP contribution in [0.15, 0.2) is 66.7 Å². The van der Waals surface area contributed by atoms with Gasteiger partial charge >= 0.3 is 6.09 Å². The third-order valence-corrected chi connectivity index (χ3v) is 5.86. The number of nitrogens with one attached hydrogen (secondary N) is 1. The number of benzene rings is 3. The van der Waals surface area contributed by atoms with Crippen LogP contribution < -0.4 is 5.32 Å². The van der Waals surface area contributed by atoms with Gasteiger partial charge in [-0.05, 0) is 40.5 Å². The van der Waals surface area contributed by atoms with Crippen molar-refractivity contribution in [1.82, 2.24) is 4.98 Å². The van der Waals surface area contributed by atoms with Crippen LogP contribution in [-0.2, 0) is 4.74 Å². The van der Waals surface area contributed by atoms with Crippen LogP contribution in [0.25, 0.3) is 21.3 Å². The lowest BCUT2D eigenvalue weighted by atomic mass is 9.98. The molecule has 6 heteroatoms. The molecule has 0 aliphatic heterocycles. The molecule has 0 saturated carbocycles. The Hall–Kier alpha value is -3.38. The summed E-state index contributed by atoms with van der Waals surface area (Å²) in [6, 6.07) is 21.3. The molecule has 0 spiro atoms. The number of carbonyl (C=O) groups is 1. The van der Waals surface area contributed by atoms with Gasteiger partial charge < -0.3 is 9.84 Å². The van der Waals surface area contributed by atoms with Crippen molar-refractivity contribution in [3.63, 3.8) is 0 Å². The Kier molecular flexibility index (Phi) is 3.98. The van der Waals surface area contributed by atoms with E-state index in [1.165, 1.54) is 33.6 Å². The van der Waals surface area contributed by atoms with Crippen LogP contribution in [0.4, 0.5) is 9.93 Å². The SMILES string of the molecule is O=C(Nc1nc2ccc(O)cc2s1)OCC1c2ccccc2-c2ccccc21. The number of aromatic nitrogens is 1. The molecular weight excluding hydrogens is 372 g/mol. The zero-order valence-electron chi connectivity index (χ0n) is 14.8. The Bertz CT molecular complexity index is 1160. The summed E-state index contributed by atoms with van der Waals surface area (Å²) in [5, 5.41) is 12.7. The number of phenolic OH excluding ortho intramolecular Hbond substituents is 1. The Morgan fingerprint density at radius 2 is 1.71 bits per heavy atom. The van der Waals surface area contributed by atoms with Crippen LogP contribution in [0.1, 0.15) is 17.0 Å². The standard InChI is InChI=1S/C22H16N2O3S/c25-13-9-10-19-20(11-13)28-21(23-19)24-22(26)27-12-18-16-7-3-1-5-14(16)15-6-2-4-8-17(15)18/h1-11,18,25H,12H2,(H,23,24,26). The van der Waals surface area contributed by atoms with Crippen molar-refractivity contribution in [2.45, 2.75) is 5.92 Å². The summed E-state index contributed by atoms with van der Waals surface area (Å²) >= 11 is 1.29. The number of fused-ring (bicyclic) bond motifs is 4. The molecule has 0 fully saturated rings. The number of ether oxygens (including phenoxy) is 1. The molecule has 3 aromatic carbocycles. The highest BCUT2D eigenvalue weighted by Gasteiger charge is 2.29. The summed E-state index contributed by atoms with van der Waals surface area (Å²) in [5.74, 6) is 0.189. The van der Waals surface area contributed by atoms with E-state index in [1.54, 1.807) is 18.2 Å². The van der Waals surface area contributed by atoms with Crippen LogP contribution in [0, 0.1) is 0 Å². The van der Waals surface area contributed by atoms with Gasteiger partial charge in [-0.1, -0.05) is 59.9 Å². The van der Waals surface area contributed by atoms with Crippen LogP contribution >= 0.6 is 11.3 Å². The number of anilines is 1. The maximum Gasteiger partial charge on any atom is 0.413 e. The first-order chi connectivity index (χ1) is 13.7. The van der Waals surface area contributed by atoms with E-state index in [2.05, 4.69) is 34.6 Å². The van der Waals surface area contributed by atoms with Gasteiger partial charge in [0.25, 0.3) is 0 Å². The van der Waals surface area contributed by atoms with Gasteiger partial charge in [0.1, 0.15) is 12.4 Å². The molecule has 5 nitrogen and oxygen atoms in total. The zero-order valence-corrected chi connectivity index (χ0v) is 15.6. The molecule has 1 heterocycles. The van der Waals surface area contributed by atoms with Crippen LogP contribution in [0.3, 0.4) is 0 Å². The summed E-state index contributed by atoms with van der Waals surface area (Å²) < 4.78 is 6.33. The van der Waals surface area contributed by atoms with E-state index in [9.17, 15) is 9.90 Å². The van der Waals surface area contributed by atoms with Gasteiger partial charge in [0.15, 0.2) is 5.13 Å². The molecule has 138 valence electrons. The fourth-order valence-electron chi connectivity index (χ4n) is 3.69. The summed E-state index contributed by atoms with van der Waals surface area (Å²) in [4.78, 5) is 16.7. The number of nitrogens with zero attached hydrogens (tertiary/aromatic N) is 1. The van der Waals surface area contributed by atoms with Crippen molar-refractivity contribution in [3.8, 4) is 16.9 Å². The highest BCUT2D eigenvalue weighted by molar-refractivity contribution is 7.22. The first-order valence-corrected chi connectivity index (χ1v) is 9.72. The summed E-state index contributed by atoms with van der Waals surface area (Å²) in [5.41, 5.74) is 5.45. The van der Waals surface area contributed by atoms with Crippen molar-refractivity contribution in [2.24, 2.45) is 0 Å². The van der Waals surface area contributed by atoms with Crippen LogP contribution in [-0.4, -0.2) is 22.8 Å². The van der Waals surface area contributed by atoms with Gasteiger partial charge in [-0.3, -0.25) is 5.32 Å². The number of phenols is 1. The van der Waals surface area contributed by atoms with E-state index in [1.807, 2.05) is 24.3 Å². The molecule has 0 bridgehead atoms. The van der Waals surface area contributed by atoms with E-state index in [-0.39, 0.29) is 18.3 Å². The molecule has 1 aromatic heterocycles. The molecule has 28 heavy (non-hydrogen) atoms. The van der Waals surface area contributed by atoms with E-state index in [4.69, 9.17) is 4.74 Å². The molecule has 4 aromatic rings. The molecule has 1 amide bonds. The number of rotatable bonds is 3. The van der Waals surface area contributed by atoms with E-state index < -0.39 is 6.09 Å². The summed E-state index contributed by atoms with van der Waals surface area (Å²) in [6.07, 6.45) is -0.537. The fraction of sp³-hybridized carbons (Fsp3) is 0.0909. The van der Waals surface area contributed by atoms with Gasteiger partial charge in [-0.15, -0.1) is 0 Å². The largest absolute Gasteiger partial charge is 0.508 e. The molecule has 0 unspecified atom stereocenters. The van der Waals surface area contributed by atoms with Crippen LogP contribution in [0.5, 0.6) is 5.75 Å². The topological polar surface area (TPSA) is 71.5 Å². The minimum Gasteiger partial charge on any atom is -0.508 e. The van der Waals surface area contributed by atoms with Gasteiger partial charge in [-0.2, -0.15) is 0 Å². The van der Waals surface area contributed by atoms with Gasteiger partial charge in [0.05, 0.1) is 10.2 Å². The number of carbonyl (C=O) groups excluding carboxylic acids is 1. The predicted octanol–water partition coefficient (Wildman–Crippen LogP) is 5.36. The predicted molar refractivity (Wildman–Crippen MR) is 110 cm³/mol. The van der Waals surface area contributed by atoms with Crippen molar-refractivity contribution in [1.29, 1.82) is 0 Å². The molecule has 1 aliphatic rings. The van der Waals surface area contributed by atoms with Crippen molar-refractivity contribution < 1.29 is 14.6 Å². The minimum atomic E-state index is -0.537. The highest BCUT2D eigenvalue weighted by Crippen LogP contribution is 2.44. The Balaban J connectivity index is 1.32. The number of amides is 1. The molecule has 0 atom stereocenters. The number of hydrogen-bond acceptors (Lipinski definition) is 5. The van der Waals surface area contributed by atoms with Crippen molar-refractivity contribution in [3.05, 3.63) is 77.9 Å². The maximum atomic E-state index is 12.3. The summed E-state index contributed by atoms with van der Waals surface area (Å²) in [7, 11) is 0. The quantitative estimate of drug-likeness (QED) is 0.495. The lowest BCUT2D eigenvalue weighted by Crippen LogP contribution is -2.17. The maximum absolute atomic E-state index is 12.3. The highest BCUT2D eigenvalue weighted by atomic mass is 32.1. The number of thiazole rings is 1. The molecule has 5 rings (SSSR count). The average molecular weight is 388 g/mol. The lowest BCUT2D eigenvalue weighted by Gasteiger charge is -2.14. The molecule has 2 N–H and O–H groups in total. The first-order valence-electron chi connectivity index (χ1n) is 8.90. The first kappa shape index (κ1) is 16.8. The number of hydrogen-bond donors (Lipinski definition) is 2. The van der Waals surface area contributed by atoms with E-state index in [0.717, 1.165) is 10.2 Å². The number of aromatic hydroxyl groups is 1. The molecule has 0 radical (unpaired) electrons. The average Bonchev–Trinajstić information content (AvgIpc) is 3.24.